The van der Waals surface area contributed by atoms with Crippen molar-refractivity contribution < 1.29 is 14.7 Å². The monoisotopic (exact) mass is 264 g/mol. The van der Waals surface area contributed by atoms with Gasteiger partial charge in [0.2, 0.25) is 0 Å². The lowest BCUT2D eigenvalue weighted by molar-refractivity contribution is -0.144. The molecule has 0 radical (unpaired) electrons. The molecule has 1 rings (SSSR count). The van der Waals surface area contributed by atoms with Crippen LogP contribution < -0.4 is 10.6 Å². The van der Waals surface area contributed by atoms with Crippen molar-refractivity contribution in [1.82, 2.24) is 10.6 Å². The average molecular weight is 264 g/mol. The lowest BCUT2D eigenvalue weighted by Gasteiger charge is -2.27. The second-order valence-corrected chi connectivity index (χ2v) is 4.70. The van der Waals surface area contributed by atoms with E-state index >= 15 is 0 Å². The third-order valence-electron chi connectivity index (χ3n) is 3.13. The number of carboxylic acid groups (broad SMARTS) is 1. The van der Waals surface area contributed by atoms with Crippen molar-refractivity contribution in [2.75, 3.05) is 0 Å². The van der Waals surface area contributed by atoms with Gasteiger partial charge in [-0.25, -0.2) is 9.59 Å². The Hall–Kier alpha value is -2.04. The highest BCUT2D eigenvalue weighted by molar-refractivity contribution is 5.87. The number of nitrogens with one attached hydrogen (secondary N) is 2. The summed E-state index contributed by atoms with van der Waals surface area (Å²) in [6.07, 6.45) is 0.780. The van der Waals surface area contributed by atoms with Gasteiger partial charge < -0.3 is 15.7 Å². The molecule has 1 aromatic carbocycles. The Morgan fingerprint density at radius 2 is 1.89 bits per heavy atom. The van der Waals surface area contributed by atoms with Crippen molar-refractivity contribution in [3.05, 3.63) is 35.9 Å². The molecule has 5 heteroatoms. The number of rotatable bonds is 5. The summed E-state index contributed by atoms with van der Waals surface area (Å²) in [6.45, 7) is 5.28. The van der Waals surface area contributed by atoms with Crippen LogP contribution >= 0.6 is 0 Å². The topological polar surface area (TPSA) is 78.4 Å². The van der Waals surface area contributed by atoms with E-state index in [1.807, 2.05) is 13.8 Å². The Morgan fingerprint density at radius 1 is 1.32 bits per heavy atom. The molecule has 0 bridgehead atoms. The lowest BCUT2D eigenvalue weighted by atomic mass is 9.92. The number of carboxylic acids is 1. The van der Waals surface area contributed by atoms with Crippen molar-refractivity contribution in [3.8, 4) is 0 Å². The normalized spacial score (nSPS) is 15.1. The highest BCUT2D eigenvalue weighted by Crippen LogP contribution is 2.20. The van der Waals surface area contributed by atoms with Gasteiger partial charge in [-0.1, -0.05) is 37.3 Å². The van der Waals surface area contributed by atoms with Crippen LogP contribution in [0.5, 0.6) is 0 Å². The smallest absolute Gasteiger partial charge is 0.333 e. The first kappa shape index (κ1) is 15.0. The first-order chi connectivity index (χ1) is 8.90. The van der Waals surface area contributed by atoms with E-state index in [4.69, 9.17) is 0 Å². The third kappa shape index (κ3) is 3.71. The van der Waals surface area contributed by atoms with Crippen molar-refractivity contribution >= 4 is 12.0 Å². The number of amides is 2. The van der Waals surface area contributed by atoms with Gasteiger partial charge in [0.25, 0.3) is 0 Å². The van der Waals surface area contributed by atoms with Gasteiger partial charge in [0, 0.05) is 6.04 Å². The molecule has 0 aromatic heterocycles. The zero-order valence-electron chi connectivity index (χ0n) is 11.4. The van der Waals surface area contributed by atoms with Crippen LogP contribution in [0.1, 0.15) is 32.8 Å². The predicted octanol–water partition coefficient (Wildman–Crippen LogP) is 2.08. The first-order valence-electron chi connectivity index (χ1n) is 6.27. The molecule has 0 heterocycles. The maximum absolute atomic E-state index is 11.8. The van der Waals surface area contributed by atoms with Gasteiger partial charge in [-0.3, -0.25) is 0 Å². The van der Waals surface area contributed by atoms with Crippen LogP contribution in [0.25, 0.3) is 0 Å². The third-order valence-corrected chi connectivity index (χ3v) is 3.13. The molecule has 2 unspecified atom stereocenters. The second-order valence-electron chi connectivity index (χ2n) is 4.70. The fourth-order valence-corrected chi connectivity index (χ4v) is 1.61. The van der Waals surface area contributed by atoms with E-state index in [1.54, 1.807) is 30.3 Å². The summed E-state index contributed by atoms with van der Waals surface area (Å²) in [6, 6.07) is 8.15. The average Bonchev–Trinajstić information content (AvgIpc) is 2.39. The fourth-order valence-electron chi connectivity index (χ4n) is 1.61. The van der Waals surface area contributed by atoms with Crippen LogP contribution in [0.4, 0.5) is 4.79 Å². The fraction of sp³-hybridized carbons (Fsp3) is 0.429. The van der Waals surface area contributed by atoms with Gasteiger partial charge in [-0.05, 0) is 25.8 Å². The second kappa shape index (κ2) is 6.22. The molecule has 0 aliphatic carbocycles. The number of urea groups is 1. The number of carbonyl (C=O) groups excluding carboxylic acids is 1. The van der Waals surface area contributed by atoms with Crippen LogP contribution in [0, 0.1) is 0 Å². The molecule has 104 valence electrons. The summed E-state index contributed by atoms with van der Waals surface area (Å²) in [5, 5.41) is 14.6. The summed E-state index contributed by atoms with van der Waals surface area (Å²) in [4.78, 5) is 23.3. The minimum absolute atomic E-state index is 0.00572. The Labute approximate surface area is 113 Å². The maximum atomic E-state index is 11.8. The quantitative estimate of drug-likeness (QED) is 0.762. The molecule has 0 fully saturated rings. The summed E-state index contributed by atoms with van der Waals surface area (Å²) < 4.78 is 0. The zero-order chi connectivity index (χ0) is 14.5. The highest BCUT2D eigenvalue weighted by Gasteiger charge is 2.36. The molecule has 0 spiro atoms. The van der Waals surface area contributed by atoms with Gasteiger partial charge in [0.1, 0.15) is 0 Å². The molecule has 0 saturated heterocycles. The molecule has 2 atom stereocenters. The Kier molecular flexibility index (Phi) is 4.92. The molecule has 0 saturated carbocycles. The molecule has 3 N–H and O–H groups in total. The largest absolute Gasteiger partial charge is 0.479 e. The number of benzene rings is 1. The molecule has 1 aromatic rings. The van der Waals surface area contributed by atoms with E-state index in [-0.39, 0.29) is 6.04 Å². The van der Waals surface area contributed by atoms with Crippen LogP contribution in [-0.4, -0.2) is 23.1 Å². The summed E-state index contributed by atoms with van der Waals surface area (Å²) in [5.41, 5.74) is -0.916. The van der Waals surface area contributed by atoms with Crippen LogP contribution in [-0.2, 0) is 10.3 Å². The molecule has 0 aliphatic heterocycles. The minimum atomic E-state index is -1.45. The standard InChI is InChI=1S/C14H20N2O3/c1-4-10(2)15-13(19)16-14(3,12(17)18)11-8-6-5-7-9-11/h5-10H,4H2,1-3H3,(H,17,18)(H2,15,16,19). The van der Waals surface area contributed by atoms with Crippen molar-refractivity contribution in [1.29, 1.82) is 0 Å². The van der Waals surface area contributed by atoms with Crippen LogP contribution in [0.3, 0.4) is 0 Å². The summed E-state index contributed by atoms with van der Waals surface area (Å²) in [5.74, 6) is -1.10. The SMILES string of the molecule is CCC(C)NC(=O)NC(C)(C(=O)O)c1ccccc1. The molecule has 2 amide bonds. The summed E-state index contributed by atoms with van der Waals surface area (Å²) >= 11 is 0. The van der Waals surface area contributed by atoms with E-state index in [1.165, 1.54) is 6.92 Å². The number of aliphatic carboxylic acids is 1. The zero-order valence-corrected chi connectivity index (χ0v) is 11.4. The molecule has 5 nitrogen and oxygen atoms in total. The molecular formula is C14H20N2O3. The van der Waals surface area contributed by atoms with E-state index in [2.05, 4.69) is 10.6 Å². The van der Waals surface area contributed by atoms with Gasteiger partial charge >= 0.3 is 12.0 Å². The molecular weight excluding hydrogens is 244 g/mol. The number of hydrogen-bond donors (Lipinski definition) is 3. The number of carbonyl (C=O) groups is 2. The van der Waals surface area contributed by atoms with Gasteiger partial charge in [0.05, 0.1) is 0 Å². The van der Waals surface area contributed by atoms with E-state index in [0.29, 0.717) is 5.56 Å². The van der Waals surface area contributed by atoms with Gasteiger partial charge in [-0.15, -0.1) is 0 Å². The first-order valence-corrected chi connectivity index (χ1v) is 6.27. The Bertz CT molecular complexity index is 447. The van der Waals surface area contributed by atoms with Gasteiger partial charge in [0.15, 0.2) is 5.54 Å². The Morgan fingerprint density at radius 3 is 2.37 bits per heavy atom. The predicted molar refractivity (Wildman–Crippen MR) is 72.9 cm³/mol. The Balaban J connectivity index is 2.90. The molecule has 0 aliphatic rings. The van der Waals surface area contributed by atoms with Crippen molar-refractivity contribution in [2.45, 2.75) is 38.8 Å². The highest BCUT2D eigenvalue weighted by atomic mass is 16.4. The lowest BCUT2D eigenvalue weighted by Crippen LogP contribution is -2.54. The van der Waals surface area contributed by atoms with Crippen LogP contribution in [0.15, 0.2) is 30.3 Å². The van der Waals surface area contributed by atoms with Crippen LogP contribution in [0.2, 0.25) is 0 Å². The van der Waals surface area contributed by atoms with E-state index in [9.17, 15) is 14.7 Å². The number of hydrogen-bond acceptors (Lipinski definition) is 2. The maximum Gasteiger partial charge on any atom is 0.333 e. The van der Waals surface area contributed by atoms with Gasteiger partial charge in [-0.2, -0.15) is 0 Å². The van der Waals surface area contributed by atoms with E-state index < -0.39 is 17.5 Å². The molecule has 19 heavy (non-hydrogen) atoms. The summed E-state index contributed by atoms with van der Waals surface area (Å²) in [7, 11) is 0. The van der Waals surface area contributed by atoms with Crippen molar-refractivity contribution in [2.24, 2.45) is 0 Å². The minimum Gasteiger partial charge on any atom is -0.479 e. The van der Waals surface area contributed by atoms with Crippen molar-refractivity contribution in [3.63, 3.8) is 0 Å². The van der Waals surface area contributed by atoms with E-state index in [0.717, 1.165) is 6.42 Å².